The van der Waals surface area contributed by atoms with E-state index < -0.39 is 28.5 Å². The molecule has 0 unspecified atom stereocenters. The molecule has 1 atom stereocenters. The van der Waals surface area contributed by atoms with Gasteiger partial charge in [-0.1, -0.05) is 12.5 Å². The first-order valence-corrected chi connectivity index (χ1v) is 10.2. The minimum atomic E-state index is -3.67. The van der Waals surface area contributed by atoms with Crippen LogP contribution in [-0.4, -0.2) is 49.8 Å². The van der Waals surface area contributed by atoms with Gasteiger partial charge in [-0.25, -0.2) is 13.2 Å². The molecule has 144 valence electrons. The molecule has 1 saturated heterocycles. The van der Waals surface area contributed by atoms with E-state index in [2.05, 4.69) is 5.32 Å². The molecular formula is C18H26N2O5S. The quantitative estimate of drug-likeness (QED) is 0.759. The average Bonchev–Trinajstić information content (AvgIpc) is 2.59. The summed E-state index contributed by atoms with van der Waals surface area (Å²) in [6.07, 6.45) is 2.67. The second-order valence-electron chi connectivity index (χ2n) is 6.79. The van der Waals surface area contributed by atoms with Crippen molar-refractivity contribution in [1.82, 2.24) is 9.62 Å². The number of hydrogen-bond donors (Lipinski definition) is 1. The van der Waals surface area contributed by atoms with E-state index in [1.165, 1.54) is 28.6 Å². The number of carbonyl (C=O) groups excluding carboxylic acids is 2. The summed E-state index contributed by atoms with van der Waals surface area (Å²) in [7, 11) is -3.67. The topological polar surface area (TPSA) is 92.8 Å². The van der Waals surface area contributed by atoms with Gasteiger partial charge in [-0.05, 0) is 51.8 Å². The number of piperidine rings is 1. The van der Waals surface area contributed by atoms with Crippen LogP contribution in [0.5, 0.6) is 0 Å². The van der Waals surface area contributed by atoms with Crippen molar-refractivity contribution in [3.63, 3.8) is 0 Å². The Morgan fingerprint density at radius 3 is 2.69 bits per heavy atom. The molecule has 1 aromatic carbocycles. The molecule has 1 heterocycles. The molecule has 1 aliphatic rings. The number of nitrogens with one attached hydrogen (secondary N) is 1. The Balaban J connectivity index is 2.11. The summed E-state index contributed by atoms with van der Waals surface area (Å²) in [5, 5.41) is 2.61. The summed E-state index contributed by atoms with van der Waals surface area (Å²) in [6.45, 7) is 5.57. The SMILES string of the molecule is CC(C)NC(=O)COC(=O)c1cccc(S(=O)(=O)N2CCCC[C@@H]2C)c1. The van der Waals surface area contributed by atoms with Crippen molar-refractivity contribution in [2.45, 2.75) is 57.0 Å². The van der Waals surface area contributed by atoms with Gasteiger partial charge in [0, 0.05) is 18.6 Å². The lowest BCUT2D eigenvalue weighted by Gasteiger charge is -2.32. The van der Waals surface area contributed by atoms with E-state index in [0.29, 0.717) is 6.54 Å². The Kier molecular flexibility index (Phi) is 6.77. The molecule has 0 bridgehead atoms. The van der Waals surface area contributed by atoms with Crippen molar-refractivity contribution in [3.05, 3.63) is 29.8 Å². The molecule has 2 rings (SSSR count). The summed E-state index contributed by atoms with van der Waals surface area (Å²) in [5.41, 5.74) is 0.105. The van der Waals surface area contributed by atoms with E-state index in [1.807, 2.05) is 6.92 Å². The van der Waals surface area contributed by atoms with Gasteiger partial charge in [0.15, 0.2) is 6.61 Å². The fourth-order valence-corrected chi connectivity index (χ4v) is 4.67. The molecule has 1 fully saturated rings. The average molecular weight is 382 g/mol. The van der Waals surface area contributed by atoms with Crippen molar-refractivity contribution in [2.75, 3.05) is 13.2 Å². The Hall–Kier alpha value is -1.93. The summed E-state index contributed by atoms with van der Waals surface area (Å²) in [6, 6.07) is 5.64. The van der Waals surface area contributed by atoms with Crippen LogP contribution in [0, 0.1) is 0 Å². The van der Waals surface area contributed by atoms with Crippen LogP contribution in [0.4, 0.5) is 0 Å². The van der Waals surface area contributed by atoms with Crippen LogP contribution in [-0.2, 0) is 19.6 Å². The van der Waals surface area contributed by atoms with Crippen molar-refractivity contribution in [1.29, 1.82) is 0 Å². The monoisotopic (exact) mass is 382 g/mol. The third kappa shape index (κ3) is 5.04. The lowest BCUT2D eigenvalue weighted by atomic mass is 10.1. The van der Waals surface area contributed by atoms with Gasteiger partial charge in [-0.15, -0.1) is 0 Å². The molecule has 26 heavy (non-hydrogen) atoms. The Bertz CT molecular complexity index is 761. The van der Waals surface area contributed by atoms with Gasteiger partial charge < -0.3 is 10.1 Å². The van der Waals surface area contributed by atoms with Crippen molar-refractivity contribution in [2.24, 2.45) is 0 Å². The number of amides is 1. The van der Waals surface area contributed by atoms with Gasteiger partial charge in [0.25, 0.3) is 5.91 Å². The summed E-state index contributed by atoms with van der Waals surface area (Å²) in [4.78, 5) is 23.8. The van der Waals surface area contributed by atoms with E-state index in [0.717, 1.165) is 19.3 Å². The lowest BCUT2D eigenvalue weighted by molar-refractivity contribution is -0.124. The van der Waals surface area contributed by atoms with Gasteiger partial charge in [0.05, 0.1) is 10.5 Å². The highest BCUT2D eigenvalue weighted by molar-refractivity contribution is 7.89. The zero-order valence-electron chi connectivity index (χ0n) is 15.4. The van der Waals surface area contributed by atoms with Gasteiger partial charge in [-0.3, -0.25) is 4.79 Å². The molecule has 8 heteroatoms. The lowest BCUT2D eigenvalue weighted by Crippen LogP contribution is -2.41. The molecule has 0 spiro atoms. The largest absolute Gasteiger partial charge is 0.452 e. The summed E-state index contributed by atoms with van der Waals surface area (Å²) in [5.74, 6) is -1.13. The molecule has 0 radical (unpaired) electrons. The van der Waals surface area contributed by atoms with Gasteiger partial charge in [0.2, 0.25) is 10.0 Å². The maximum Gasteiger partial charge on any atom is 0.338 e. The molecule has 0 aliphatic carbocycles. The molecule has 0 aromatic heterocycles. The number of sulfonamides is 1. The highest BCUT2D eigenvalue weighted by Gasteiger charge is 2.31. The van der Waals surface area contributed by atoms with Crippen LogP contribution < -0.4 is 5.32 Å². The van der Waals surface area contributed by atoms with Crippen LogP contribution in [0.15, 0.2) is 29.2 Å². The molecule has 1 amide bonds. The van der Waals surface area contributed by atoms with Crippen LogP contribution in [0.1, 0.15) is 50.4 Å². The zero-order chi connectivity index (χ0) is 19.3. The Morgan fingerprint density at radius 2 is 2.04 bits per heavy atom. The number of hydrogen-bond acceptors (Lipinski definition) is 5. The number of rotatable bonds is 6. The number of ether oxygens (including phenoxy) is 1. The number of nitrogens with zero attached hydrogens (tertiary/aromatic N) is 1. The Morgan fingerprint density at radius 1 is 1.31 bits per heavy atom. The summed E-state index contributed by atoms with van der Waals surface area (Å²) < 4.78 is 32.2. The van der Waals surface area contributed by atoms with Gasteiger partial charge in [0.1, 0.15) is 0 Å². The highest BCUT2D eigenvalue weighted by Crippen LogP contribution is 2.25. The van der Waals surface area contributed by atoms with Crippen LogP contribution in [0.3, 0.4) is 0 Å². The zero-order valence-corrected chi connectivity index (χ0v) is 16.2. The predicted molar refractivity (Wildman–Crippen MR) is 97.2 cm³/mol. The van der Waals surface area contributed by atoms with E-state index >= 15 is 0 Å². The molecule has 0 saturated carbocycles. The third-order valence-electron chi connectivity index (χ3n) is 4.20. The maximum absolute atomic E-state index is 12.9. The van der Waals surface area contributed by atoms with E-state index in [-0.39, 0.29) is 22.5 Å². The fraction of sp³-hybridized carbons (Fsp3) is 0.556. The van der Waals surface area contributed by atoms with Crippen LogP contribution in [0.2, 0.25) is 0 Å². The smallest absolute Gasteiger partial charge is 0.338 e. The van der Waals surface area contributed by atoms with Crippen molar-refractivity contribution >= 4 is 21.9 Å². The Labute approximate surface area is 154 Å². The first-order valence-electron chi connectivity index (χ1n) is 8.80. The van der Waals surface area contributed by atoms with E-state index in [4.69, 9.17) is 4.74 Å². The number of carbonyl (C=O) groups is 2. The second kappa shape index (κ2) is 8.64. The second-order valence-corrected chi connectivity index (χ2v) is 8.68. The molecule has 7 nitrogen and oxygen atoms in total. The van der Waals surface area contributed by atoms with Crippen LogP contribution >= 0.6 is 0 Å². The number of esters is 1. The minimum absolute atomic E-state index is 0.0544. The standard InChI is InChI=1S/C18H26N2O5S/c1-13(2)19-17(21)12-25-18(22)15-8-6-9-16(11-15)26(23,24)20-10-5-4-7-14(20)3/h6,8-9,11,13-14H,4-5,7,10,12H2,1-3H3,(H,19,21)/t14-/m0/s1. The third-order valence-corrected chi connectivity index (χ3v) is 6.21. The van der Waals surface area contributed by atoms with Crippen molar-refractivity contribution < 1.29 is 22.7 Å². The fourth-order valence-electron chi connectivity index (χ4n) is 2.93. The highest BCUT2D eigenvalue weighted by atomic mass is 32.2. The number of benzene rings is 1. The van der Waals surface area contributed by atoms with Crippen LogP contribution in [0.25, 0.3) is 0 Å². The maximum atomic E-state index is 12.9. The first-order chi connectivity index (χ1) is 12.2. The summed E-state index contributed by atoms with van der Waals surface area (Å²) >= 11 is 0. The molecule has 1 aromatic rings. The first kappa shape index (κ1) is 20.4. The van der Waals surface area contributed by atoms with E-state index in [9.17, 15) is 18.0 Å². The minimum Gasteiger partial charge on any atom is -0.452 e. The molecule has 1 aliphatic heterocycles. The molecular weight excluding hydrogens is 356 g/mol. The molecule has 1 N–H and O–H groups in total. The predicted octanol–water partition coefficient (Wildman–Crippen LogP) is 1.93. The van der Waals surface area contributed by atoms with Crippen molar-refractivity contribution in [3.8, 4) is 0 Å². The van der Waals surface area contributed by atoms with Gasteiger partial charge in [-0.2, -0.15) is 4.31 Å². The van der Waals surface area contributed by atoms with Gasteiger partial charge >= 0.3 is 5.97 Å². The van der Waals surface area contributed by atoms with E-state index in [1.54, 1.807) is 13.8 Å². The normalized spacial score (nSPS) is 18.5.